The van der Waals surface area contributed by atoms with Crippen molar-refractivity contribution in [2.45, 2.75) is 20.0 Å². The van der Waals surface area contributed by atoms with E-state index in [4.69, 9.17) is 0 Å². The molecule has 2 heterocycles. The van der Waals surface area contributed by atoms with E-state index in [1.54, 1.807) is 18.5 Å². The fraction of sp³-hybridized carbons (Fsp3) is 0.353. The predicted molar refractivity (Wildman–Crippen MR) is 90.1 cm³/mol. The molecule has 0 aliphatic carbocycles. The summed E-state index contributed by atoms with van der Waals surface area (Å²) in [5.41, 5.74) is 1.99. The zero-order valence-electron chi connectivity index (χ0n) is 13.6. The van der Waals surface area contributed by atoms with E-state index in [0.717, 1.165) is 5.52 Å². The van der Waals surface area contributed by atoms with Crippen molar-refractivity contribution in [2.24, 2.45) is 5.92 Å². The van der Waals surface area contributed by atoms with Gasteiger partial charge < -0.3 is 15.0 Å². The lowest BCUT2D eigenvalue weighted by molar-refractivity contribution is 0.182. The smallest absolute Gasteiger partial charge is 0.182 e. The minimum Gasteiger partial charge on any atom is -0.387 e. The summed E-state index contributed by atoms with van der Waals surface area (Å²) >= 11 is 0. The summed E-state index contributed by atoms with van der Waals surface area (Å²) < 4.78 is 13.1. The van der Waals surface area contributed by atoms with Crippen molar-refractivity contribution in [3.05, 3.63) is 48.3 Å². The summed E-state index contributed by atoms with van der Waals surface area (Å²) in [6, 6.07) is 5.89. The molecule has 0 saturated carbocycles. The SMILES string of the molecule is CC(C)CN(CC(O)c1ccc(F)cc1)c1ncnc2nc[nH]c12. The van der Waals surface area contributed by atoms with E-state index >= 15 is 0 Å². The quantitative estimate of drug-likeness (QED) is 0.727. The highest BCUT2D eigenvalue weighted by Crippen LogP contribution is 2.24. The van der Waals surface area contributed by atoms with E-state index in [1.165, 1.54) is 18.5 Å². The number of benzene rings is 1. The van der Waals surface area contributed by atoms with E-state index in [-0.39, 0.29) is 5.82 Å². The molecule has 6 nitrogen and oxygen atoms in total. The third-order valence-corrected chi connectivity index (χ3v) is 3.74. The lowest BCUT2D eigenvalue weighted by atomic mass is 10.1. The zero-order chi connectivity index (χ0) is 17.1. The van der Waals surface area contributed by atoms with Crippen LogP contribution >= 0.6 is 0 Å². The molecule has 3 aromatic rings. The molecule has 0 bridgehead atoms. The van der Waals surface area contributed by atoms with Gasteiger partial charge in [-0.25, -0.2) is 19.3 Å². The Labute approximate surface area is 139 Å². The Balaban J connectivity index is 1.89. The summed E-state index contributed by atoms with van der Waals surface area (Å²) in [6.45, 7) is 5.25. The highest BCUT2D eigenvalue weighted by molar-refractivity contribution is 5.82. The number of aliphatic hydroxyl groups is 1. The Hall–Kier alpha value is -2.54. The number of anilines is 1. The molecule has 1 unspecified atom stereocenters. The van der Waals surface area contributed by atoms with Gasteiger partial charge >= 0.3 is 0 Å². The van der Waals surface area contributed by atoms with Crippen LogP contribution in [0.1, 0.15) is 25.5 Å². The number of aliphatic hydroxyl groups excluding tert-OH is 1. The molecule has 0 aliphatic heterocycles. The van der Waals surface area contributed by atoms with Gasteiger partial charge in [0.15, 0.2) is 11.5 Å². The van der Waals surface area contributed by atoms with Crippen LogP contribution in [-0.4, -0.2) is 38.1 Å². The molecule has 0 amide bonds. The minimum absolute atomic E-state index is 0.319. The van der Waals surface area contributed by atoms with Gasteiger partial charge in [-0.2, -0.15) is 0 Å². The van der Waals surface area contributed by atoms with Crippen LogP contribution in [0.15, 0.2) is 36.9 Å². The number of aromatic amines is 1. The summed E-state index contributed by atoms with van der Waals surface area (Å²) in [6.07, 6.45) is 2.29. The number of halogens is 1. The van der Waals surface area contributed by atoms with Crippen molar-refractivity contribution in [1.29, 1.82) is 0 Å². The van der Waals surface area contributed by atoms with Crippen molar-refractivity contribution in [1.82, 2.24) is 19.9 Å². The molecule has 24 heavy (non-hydrogen) atoms. The monoisotopic (exact) mass is 329 g/mol. The van der Waals surface area contributed by atoms with Gasteiger partial charge in [-0.05, 0) is 23.6 Å². The Kier molecular flexibility index (Phi) is 4.71. The van der Waals surface area contributed by atoms with E-state index < -0.39 is 6.10 Å². The average Bonchev–Trinajstić information content (AvgIpc) is 3.03. The lowest BCUT2D eigenvalue weighted by Crippen LogP contribution is -2.33. The van der Waals surface area contributed by atoms with E-state index in [1.807, 2.05) is 4.90 Å². The Morgan fingerprint density at radius 2 is 1.88 bits per heavy atom. The van der Waals surface area contributed by atoms with Crippen molar-refractivity contribution in [2.75, 3.05) is 18.0 Å². The molecular formula is C17H20FN5O. The fourth-order valence-electron chi connectivity index (χ4n) is 2.68. The number of hydrogen-bond donors (Lipinski definition) is 2. The topological polar surface area (TPSA) is 77.9 Å². The van der Waals surface area contributed by atoms with Gasteiger partial charge in [0, 0.05) is 13.1 Å². The first-order valence-electron chi connectivity index (χ1n) is 7.87. The molecule has 1 atom stereocenters. The molecule has 3 rings (SSSR count). The highest BCUT2D eigenvalue weighted by Gasteiger charge is 2.19. The molecule has 126 valence electrons. The van der Waals surface area contributed by atoms with Crippen molar-refractivity contribution < 1.29 is 9.50 Å². The van der Waals surface area contributed by atoms with E-state index in [2.05, 4.69) is 33.8 Å². The van der Waals surface area contributed by atoms with Crippen molar-refractivity contribution >= 4 is 17.0 Å². The van der Waals surface area contributed by atoms with E-state index in [0.29, 0.717) is 36.0 Å². The zero-order valence-corrected chi connectivity index (χ0v) is 13.6. The van der Waals surface area contributed by atoms with Gasteiger partial charge in [0.25, 0.3) is 0 Å². The van der Waals surface area contributed by atoms with Crippen LogP contribution in [-0.2, 0) is 0 Å². The second kappa shape index (κ2) is 6.92. The van der Waals surface area contributed by atoms with Crippen molar-refractivity contribution in [3.63, 3.8) is 0 Å². The number of imidazole rings is 1. The maximum absolute atomic E-state index is 13.1. The van der Waals surface area contributed by atoms with Crippen molar-refractivity contribution in [3.8, 4) is 0 Å². The van der Waals surface area contributed by atoms with Gasteiger partial charge in [-0.1, -0.05) is 26.0 Å². The van der Waals surface area contributed by atoms with Gasteiger partial charge in [-0.3, -0.25) is 0 Å². The highest BCUT2D eigenvalue weighted by atomic mass is 19.1. The molecule has 0 saturated heterocycles. The molecule has 7 heteroatoms. The van der Waals surface area contributed by atoms with Crippen LogP contribution in [0.2, 0.25) is 0 Å². The average molecular weight is 329 g/mol. The Morgan fingerprint density at radius 3 is 2.58 bits per heavy atom. The number of hydrogen-bond acceptors (Lipinski definition) is 5. The van der Waals surface area contributed by atoms with Gasteiger partial charge in [0.2, 0.25) is 0 Å². The number of rotatable bonds is 6. The number of nitrogens with zero attached hydrogens (tertiary/aromatic N) is 4. The first kappa shape index (κ1) is 16.3. The van der Waals surface area contributed by atoms with Crippen LogP contribution in [0.5, 0.6) is 0 Å². The minimum atomic E-state index is -0.753. The largest absolute Gasteiger partial charge is 0.387 e. The predicted octanol–water partition coefficient (Wildman–Crippen LogP) is 2.69. The Bertz CT molecular complexity index is 802. The first-order chi connectivity index (χ1) is 11.5. The number of aromatic nitrogens is 4. The van der Waals surface area contributed by atoms with Crippen LogP contribution in [0, 0.1) is 11.7 Å². The van der Waals surface area contributed by atoms with E-state index in [9.17, 15) is 9.50 Å². The summed E-state index contributed by atoms with van der Waals surface area (Å²) in [7, 11) is 0. The number of fused-ring (bicyclic) bond motifs is 1. The lowest BCUT2D eigenvalue weighted by Gasteiger charge is -2.28. The fourth-order valence-corrected chi connectivity index (χ4v) is 2.68. The summed E-state index contributed by atoms with van der Waals surface area (Å²) in [5, 5.41) is 10.5. The molecular weight excluding hydrogens is 309 g/mol. The Morgan fingerprint density at radius 1 is 1.12 bits per heavy atom. The second-order valence-electron chi connectivity index (χ2n) is 6.16. The third kappa shape index (κ3) is 3.51. The normalized spacial score (nSPS) is 12.7. The maximum atomic E-state index is 13.1. The molecule has 1 aromatic carbocycles. The van der Waals surface area contributed by atoms with Crippen LogP contribution in [0.4, 0.5) is 10.2 Å². The molecule has 0 spiro atoms. The van der Waals surface area contributed by atoms with Gasteiger partial charge in [0.05, 0.1) is 12.4 Å². The second-order valence-corrected chi connectivity index (χ2v) is 6.16. The van der Waals surface area contributed by atoms with Crippen LogP contribution < -0.4 is 4.90 Å². The van der Waals surface area contributed by atoms with Gasteiger partial charge in [-0.15, -0.1) is 0 Å². The maximum Gasteiger partial charge on any atom is 0.182 e. The molecule has 0 aliphatic rings. The number of H-pyrrole nitrogens is 1. The first-order valence-corrected chi connectivity index (χ1v) is 7.87. The molecule has 2 N–H and O–H groups in total. The standard InChI is InChI=1S/C17H20FN5O/c1-11(2)7-23(8-14(24)12-3-5-13(18)6-4-12)17-15-16(20-9-19-15)21-10-22-17/h3-6,9-11,14,24H,7-8H2,1-2H3,(H,19,20,21,22). The third-order valence-electron chi connectivity index (χ3n) is 3.74. The van der Waals surface area contributed by atoms with Crippen LogP contribution in [0.3, 0.4) is 0 Å². The summed E-state index contributed by atoms with van der Waals surface area (Å²) in [4.78, 5) is 17.7. The van der Waals surface area contributed by atoms with Gasteiger partial charge in [0.1, 0.15) is 17.7 Å². The molecule has 0 fully saturated rings. The summed E-state index contributed by atoms with van der Waals surface area (Å²) in [5.74, 6) is 0.755. The number of nitrogens with one attached hydrogen (secondary N) is 1. The molecule has 2 aromatic heterocycles. The van der Waals surface area contributed by atoms with Crippen LogP contribution in [0.25, 0.3) is 11.2 Å². The molecule has 0 radical (unpaired) electrons.